The lowest BCUT2D eigenvalue weighted by molar-refractivity contribution is 0.0827. The molecule has 24 heavy (non-hydrogen) atoms. The van der Waals surface area contributed by atoms with Gasteiger partial charge in [0, 0.05) is 31.0 Å². The smallest absolute Gasteiger partial charge is 0.255 e. The number of nitrogens with zero attached hydrogens (tertiary/aromatic N) is 1. The fourth-order valence-electron chi connectivity index (χ4n) is 2.13. The van der Waals surface area contributed by atoms with Gasteiger partial charge >= 0.3 is 0 Å². The van der Waals surface area contributed by atoms with E-state index in [0.29, 0.717) is 21.8 Å². The van der Waals surface area contributed by atoms with E-state index in [4.69, 9.17) is 11.6 Å². The summed E-state index contributed by atoms with van der Waals surface area (Å²) in [6, 6.07) is 12.3. The van der Waals surface area contributed by atoms with E-state index in [0.717, 1.165) is 11.3 Å². The van der Waals surface area contributed by atoms with Crippen LogP contribution >= 0.6 is 23.4 Å². The van der Waals surface area contributed by atoms with Crippen LogP contribution in [0.25, 0.3) is 0 Å². The van der Waals surface area contributed by atoms with Crippen LogP contribution in [0, 0.1) is 0 Å². The zero-order valence-corrected chi connectivity index (χ0v) is 15.4. The molecule has 0 heterocycles. The van der Waals surface area contributed by atoms with Crippen LogP contribution in [0.4, 0.5) is 5.69 Å². The molecule has 126 valence electrons. The first-order valence-electron chi connectivity index (χ1n) is 7.33. The van der Waals surface area contributed by atoms with Gasteiger partial charge in [-0.1, -0.05) is 23.7 Å². The number of rotatable bonds is 5. The van der Waals surface area contributed by atoms with Gasteiger partial charge in [-0.15, -0.1) is 0 Å². The minimum Gasteiger partial charge on any atom is -0.345 e. The second-order valence-electron chi connectivity index (χ2n) is 5.48. The molecule has 0 unspecified atom stereocenters. The maximum Gasteiger partial charge on any atom is 0.255 e. The van der Waals surface area contributed by atoms with E-state index in [1.807, 2.05) is 18.4 Å². The van der Waals surface area contributed by atoms with Crippen molar-refractivity contribution in [2.45, 2.75) is 5.75 Å². The summed E-state index contributed by atoms with van der Waals surface area (Å²) < 4.78 is 0. The predicted molar refractivity (Wildman–Crippen MR) is 101 cm³/mol. The topological polar surface area (TPSA) is 49.4 Å². The van der Waals surface area contributed by atoms with Crippen molar-refractivity contribution >= 4 is 40.9 Å². The number of hydrogen-bond acceptors (Lipinski definition) is 3. The molecule has 0 bridgehead atoms. The first-order valence-corrected chi connectivity index (χ1v) is 9.10. The molecule has 0 atom stereocenters. The Bertz CT molecular complexity index is 745. The highest BCUT2D eigenvalue weighted by atomic mass is 35.5. The number of halogens is 1. The summed E-state index contributed by atoms with van der Waals surface area (Å²) in [7, 11) is 3.34. The third kappa shape index (κ3) is 4.52. The minimum atomic E-state index is -0.262. The Morgan fingerprint density at radius 1 is 1.08 bits per heavy atom. The summed E-state index contributed by atoms with van der Waals surface area (Å²) in [5.41, 5.74) is 2.59. The van der Waals surface area contributed by atoms with E-state index in [2.05, 4.69) is 5.32 Å². The molecule has 0 aromatic heterocycles. The number of carbonyl (C=O) groups is 2. The van der Waals surface area contributed by atoms with Crippen molar-refractivity contribution in [2.24, 2.45) is 0 Å². The first-order chi connectivity index (χ1) is 11.4. The summed E-state index contributed by atoms with van der Waals surface area (Å²) in [5.74, 6) is 0.494. The summed E-state index contributed by atoms with van der Waals surface area (Å²) in [5, 5.41) is 3.15. The van der Waals surface area contributed by atoms with Crippen LogP contribution in [0.15, 0.2) is 42.5 Å². The molecule has 2 aromatic rings. The molecule has 2 aromatic carbocycles. The van der Waals surface area contributed by atoms with Gasteiger partial charge < -0.3 is 10.2 Å². The average Bonchev–Trinajstić information content (AvgIpc) is 2.57. The summed E-state index contributed by atoms with van der Waals surface area (Å²) in [6.07, 6.45) is 2.03. The van der Waals surface area contributed by atoms with Gasteiger partial charge in [0.25, 0.3) is 11.8 Å². The van der Waals surface area contributed by atoms with Gasteiger partial charge in [-0.3, -0.25) is 9.59 Å². The normalized spacial score (nSPS) is 10.3. The lowest BCUT2D eigenvalue weighted by atomic mass is 10.1. The van der Waals surface area contributed by atoms with E-state index in [-0.39, 0.29) is 11.8 Å². The first kappa shape index (κ1) is 18.4. The van der Waals surface area contributed by atoms with Crippen molar-refractivity contribution in [3.05, 3.63) is 64.2 Å². The van der Waals surface area contributed by atoms with Gasteiger partial charge in [0.05, 0.1) is 10.7 Å². The van der Waals surface area contributed by atoms with Crippen molar-refractivity contribution in [1.29, 1.82) is 0 Å². The predicted octanol–water partition coefficient (Wildman–Crippen LogP) is 4.16. The molecule has 1 N–H and O–H groups in total. The zero-order valence-electron chi connectivity index (χ0n) is 13.8. The van der Waals surface area contributed by atoms with Crippen LogP contribution in [0.2, 0.25) is 5.02 Å². The lowest BCUT2D eigenvalue weighted by Crippen LogP contribution is -2.22. The molecule has 2 amide bonds. The summed E-state index contributed by atoms with van der Waals surface area (Å²) in [6.45, 7) is 0. The molecular weight excluding hydrogens is 344 g/mol. The molecule has 0 radical (unpaired) electrons. The van der Waals surface area contributed by atoms with Crippen LogP contribution in [0.5, 0.6) is 0 Å². The Kier molecular flexibility index (Phi) is 6.29. The molecule has 0 saturated carbocycles. The third-order valence-corrected chi connectivity index (χ3v) is 4.35. The summed E-state index contributed by atoms with van der Waals surface area (Å²) in [4.78, 5) is 25.9. The largest absolute Gasteiger partial charge is 0.345 e. The molecule has 2 rings (SSSR count). The molecule has 0 aliphatic carbocycles. The molecule has 0 aliphatic rings. The Morgan fingerprint density at radius 2 is 1.71 bits per heavy atom. The van der Waals surface area contributed by atoms with Crippen molar-refractivity contribution in [3.63, 3.8) is 0 Å². The van der Waals surface area contributed by atoms with Gasteiger partial charge in [0.1, 0.15) is 0 Å². The molecule has 4 nitrogen and oxygen atoms in total. The highest BCUT2D eigenvalue weighted by Crippen LogP contribution is 2.24. The molecule has 0 aliphatic heterocycles. The van der Waals surface area contributed by atoms with E-state index in [9.17, 15) is 9.59 Å². The van der Waals surface area contributed by atoms with Gasteiger partial charge in [-0.05, 0) is 42.2 Å². The molecule has 0 fully saturated rings. The van der Waals surface area contributed by atoms with Crippen LogP contribution in [0.3, 0.4) is 0 Å². The van der Waals surface area contributed by atoms with Gasteiger partial charge in [-0.2, -0.15) is 11.8 Å². The third-order valence-electron chi connectivity index (χ3n) is 3.39. The lowest BCUT2D eigenvalue weighted by Gasteiger charge is -2.13. The van der Waals surface area contributed by atoms with E-state index in [1.54, 1.807) is 56.2 Å². The molecule has 6 heteroatoms. The Balaban J connectivity index is 2.19. The highest BCUT2D eigenvalue weighted by Gasteiger charge is 2.13. The van der Waals surface area contributed by atoms with Crippen LogP contribution in [-0.4, -0.2) is 37.1 Å². The van der Waals surface area contributed by atoms with Crippen LogP contribution < -0.4 is 5.32 Å². The average molecular weight is 363 g/mol. The van der Waals surface area contributed by atoms with Crippen molar-refractivity contribution in [2.75, 3.05) is 25.7 Å². The van der Waals surface area contributed by atoms with E-state index < -0.39 is 0 Å². The molecule has 0 saturated heterocycles. The highest BCUT2D eigenvalue weighted by molar-refractivity contribution is 7.97. The SMILES string of the molecule is CSCc1ccc(C(=O)Nc2cc(C(=O)N(C)C)ccc2Cl)cc1. The fraction of sp³-hybridized carbons (Fsp3) is 0.222. The Morgan fingerprint density at radius 3 is 2.29 bits per heavy atom. The number of benzene rings is 2. The second kappa shape index (κ2) is 8.22. The standard InChI is InChI=1S/C18H19ClN2O2S/c1-21(2)18(23)14-8-9-15(19)16(10-14)20-17(22)13-6-4-12(5-7-13)11-24-3/h4-10H,11H2,1-3H3,(H,20,22). The quantitative estimate of drug-likeness (QED) is 0.868. The Labute approximate surface area is 151 Å². The van der Waals surface area contributed by atoms with E-state index in [1.165, 1.54) is 4.90 Å². The number of nitrogens with one attached hydrogen (secondary N) is 1. The number of thioether (sulfide) groups is 1. The monoisotopic (exact) mass is 362 g/mol. The minimum absolute atomic E-state index is 0.149. The zero-order chi connectivity index (χ0) is 17.7. The number of amides is 2. The van der Waals surface area contributed by atoms with E-state index >= 15 is 0 Å². The second-order valence-corrected chi connectivity index (χ2v) is 6.75. The van der Waals surface area contributed by atoms with Gasteiger partial charge in [-0.25, -0.2) is 0 Å². The molecular formula is C18H19ClN2O2S. The van der Waals surface area contributed by atoms with Gasteiger partial charge in [0.15, 0.2) is 0 Å². The number of anilines is 1. The Hall–Kier alpha value is -1.98. The summed E-state index contributed by atoms with van der Waals surface area (Å²) >= 11 is 7.86. The van der Waals surface area contributed by atoms with Gasteiger partial charge in [0.2, 0.25) is 0 Å². The van der Waals surface area contributed by atoms with Crippen LogP contribution in [-0.2, 0) is 5.75 Å². The maximum atomic E-state index is 12.4. The number of carbonyl (C=O) groups excluding carboxylic acids is 2. The van der Waals surface area contributed by atoms with Crippen molar-refractivity contribution in [3.8, 4) is 0 Å². The van der Waals surface area contributed by atoms with Crippen molar-refractivity contribution < 1.29 is 9.59 Å². The number of hydrogen-bond donors (Lipinski definition) is 1. The molecule has 0 spiro atoms. The maximum absolute atomic E-state index is 12.4. The van der Waals surface area contributed by atoms with Crippen molar-refractivity contribution in [1.82, 2.24) is 4.90 Å². The van der Waals surface area contributed by atoms with Crippen LogP contribution in [0.1, 0.15) is 26.3 Å². The fourth-order valence-corrected chi connectivity index (χ4v) is 2.82.